The summed E-state index contributed by atoms with van der Waals surface area (Å²) < 4.78 is 1.90. The summed E-state index contributed by atoms with van der Waals surface area (Å²) in [5, 5.41) is 11.2. The van der Waals surface area contributed by atoms with E-state index in [0.717, 1.165) is 38.9 Å². The number of pyridine rings is 3. The quantitative estimate of drug-likeness (QED) is 0.312. The molecule has 0 aromatic carbocycles. The minimum absolute atomic E-state index is 0.0377. The first-order valence-electron chi connectivity index (χ1n) is 11.9. The fourth-order valence-corrected chi connectivity index (χ4v) is 4.27. The number of hydrogen-bond donors (Lipinski definition) is 3. The highest BCUT2D eigenvalue weighted by atomic mass is 16.1. The van der Waals surface area contributed by atoms with Crippen LogP contribution in [0.5, 0.6) is 0 Å². The van der Waals surface area contributed by atoms with Gasteiger partial charge < -0.3 is 14.9 Å². The largest absolute Gasteiger partial charge is 0.335 e. The Kier molecular flexibility index (Phi) is 5.44. The molecule has 0 bridgehead atoms. The second-order valence-electron chi connectivity index (χ2n) is 9.36. The number of anilines is 1. The lowest BCUT2D eigenvalue weighted by molar-refractivity contribution is -0.116. The lowest BCUT2D eigenvalue weighted by Crippen LogP contribution is -2.13. The van der Waals surface area contributed by atoms with Gasteiger partial charge in [0.25, 0.3) is 0 Å². The molecule has 3 N–H and O–H groups in total. The second-order valence-corrected chi connectivity index (χ2v) is 9.36. The summed E-state index contributed by atoms with van der Waals surface area (Å²) >= 11 is 0. The molecule has 0 saturated carbocycles. The predicted octanol–water partition coefficient (Wildman–Crippen LogP) is 4.44. The molecule has 0 unspecified atom stereocenters. The molecule has 0 saturated heterocycles. The van der Waals surface area contributed by atoms with Crippen LogP contribution in [0, 0.1) is 12.8 Å². The van der Waals surface area contributed by atoms with Gasteiger partial charge in [0.1, 0.15) is 11.2 Å². The summed E-state index contributed by atoms with van der Waals surface area (Å²) in [6, 6.07) is 3.88. The van der Waals surface area contributed by atoms with Crippen molar-refractivity contribution in [3.63, 3.8) is 0 Å². The monoisotopic (exact) mass is 492 g/mol. The number of aryl methyl sites for hydroxylation is 1. The van der Waals surface area contributed by atoms with Crippen LogP contribution < -0.4 is 5.32 Å². The van der Waals surface area contributed by atoms with Crippen molar-refractivity contribution in [3.05, 3.63) is 61.3 Å². The van der Waals surface area contributed by atoms with Gasteiger partial charge in [-0.3, -0.25) is 19.9 Å². The third-order valence-corrected chi connectivity index (χ3v) is 5.96. The van der Waals surface area contributed by atoms with Crippen molar-refractivity contribution < 1.29 is 4.79 Å². The van der Waals surface area contributed by atoms with Gasteiger partial charge >= 0.3 is 0 Å². The van der Waals surface area contributed by atoms with E-state index in [1.807, 2.05) is 43.7 Å². The highest BCUT2D eigenvalue weighted by Gasteiger charge is 2.17. The molecule has 11 heteroatoms. The number of aromatic amines is 2. The van der Waals surface area contributed by atoms with Crippen LogP contribution in [0.25, 0.3) is 50.4 Å². The van der Waals surface area contributed by atoms with Crippen LogP contribution in [-0.2, 0) is 4.79 Å². The van der Waals surface area contributed by atoms with Crippen LogP contribution >= 0.6 is 0 Å². The zero-order chi connectivity index (χ0) is 25.5. The average Bonchev–Trinajstić information content (AvgIpc) is 3.60. The van der Waals surface area contributed by atoms with Gasteiger partial charge in [-0.2, -0.15) is 5.10 Å². The van der Waals surface area contributed by atoms with Gasteiger partial charge in [-0.05, 0) is 25.0 Å². The van der Waals surface area contributed by atoms with Gasteiger partial charge in [0, 0.05) is 36.1 Å². The van der Waals surface area contributed by atoms with Crippen LogP contribution in [0.2, 0.25) is 0 Å². The fraction of sp³-hybridized carbons (Fsp3) is 0.192. The molecule has 0 spiro atoms. The Labute approximate surface area is 211 Å². The number of imidazole rings is 2. The first-order valence-corrected chi connectivity index (χ1v) is 11.9. The molecule has 0 fully saturated rings. The Balaban J connectivity index is 1.38. The van der Waals surface area contributed by atoms with E-state index in [9.17, 15) is 4.79 Å². The van der Waals surface area contributed by atoms with E-state index in [2.05, 4.69) is 40.4 Å². The normalized spacial score (nSPS) is 11.6. The van der Waals surface area contributed by atoms with Gasteiger partial charge in [0.15, 0.2) is 11.5 Å². The zero-order valence-corrected chi connectivity index (χ0v) is 20.5. The maximum Gasteiger partial charge on any atom is 0.224 e. The zero-order valence-electron chi connectivity index (χ0n) is 20.5. The number of aromatic nitrogens is 9. The van der Waals surface area contributed by atoms with Gasteiger partial charge in [0.05, 0.1) is 52.9 Å². The molecule has 0 atom stereocenters. The first kappa shape index (κ1) is 22.5. The predicted molar refractivity (Wildman–Crippen MR) is 140 cm³/mol. The maximum absolute atomic E-state index is 12.2. The molecule has 0 aliphatic rings. The number of nitrogens with one attached hydrogen (secondary N) is 3. The molecule has 6 rings (SSSR count). The summed E-state index contributed by atoms with van der Waals surface area (Å²) in [6.45, 7) is 5.96. The van der Waals surface area contributed by atoms with E-state index < -0.39 is 0 Å². The van der Waals surface area contributed by atoms with Crippen LogP contribution in [0.3, 0.4) is 0 Å². The molecule has 6 aromatic heterocycles. The maximum atomic E-state index is 12.2. The van der Waals surface area contributed by atoms with Crippen LogP contribution in [-0.4, -0.2) is 50.6 Å². The van der Waals surface area contributed by atoms with Crippen molar-refractivity contribution in [3.8, 4) is 28.3 Å². The number of fused-ring (bicyclic) bond motifs is 2. The Morgan fingerprint density at radius 2 is 1.89 bits per heavy atom. The van der Waals surface area contributed by atoms with Gasteiger partial charge in [0.2, 0.25) is 5.91 Å². The SMILES string of the molecule is Cc1cn(-c2cncc3[nH]c(-c4[nH]nc5ncc(-c6cncc(NC(=O)CC(C)C)c6)cc45)nc23)cn1. The molecule has 6 aromatic rings. The topological polar surface area (TPSA) is 143 Å². The number of H-pyrrole nitrogens is 2. The Hall–Kier alpha value is -4.93. The molecule has 37 heavy (non-hydrogen) atoms. The molecular formula is C26H24N10O. The van der Waals surface area contributed by atoms with E-state index in [0.29, 0.717) is 29.3 Å². The van der Waals surface area contributed by atoms with E-state index >= 15 is 0 Å². The fourth-order valence-electron chi connectivity index (χ4n) is 4.27. The van der Waals surface area contributed by atoms with Crippen molar-refractivity contribution in [2.45, 2.75) is 27.2 Å². The third kappa shape index (κ3) is 4.31. The van der Waals surface area contributed by atoms with Crippen LogP contribution in [0.1, 0.15) is 26.0 Å². The standard InChI is InChI=1S/C26H24N10O/c1-14(2)4-22(37)31-18-5-16(7-27-9-18)17-6-19-23(34-35-25(19)29-8-17)26-32-20-10-28-11-21(24(20)33-26)36-12-15(3)30-13-36/h5-14H,4H2,1-3H3,(H,31,37)(H,32,33)(H,29,34,35). The molecule has 11 nitrogen and oxygen atoms in total. The Bertz CT molecular complexity index is 1760. The number of carbonyl (C=O) groups excluding carboxylic acids is 1. The average molecular weight is 493 g/mol. The minimum Gasteiger partial charge on any atom is -0.335 e. The highest BCUT2D eigenvalue weighted by Crippen LogP contribution is 2.30. The van der Waals surface area contributed by atoms with Gasteiger partial charge in [-0.15, -0.1) is 0 Å². The summed E-state index contributed by atoms with van der Waals surface area (Å²) in [4.78, 5) is 37.9. The first-order chi connectivity index (χ1) is 17.9. The lowest BCUT2D eigenvalue weighted by atomic mass is 10.1. The van der Waals surface area contributed by atoms with E-state index in [4.69, 9.17) is 4.98 Å². The molecule has 6 heterocycles. The van der Waals surface area contributed by atoms with Crippen molar-refractivity contribution in [1.29, 1.82) is 0 Å². The van der Waals surface area contributed by atoms with Crippen molar-refractivity contribution in [1.82, 2.24) is 44.7 Å². The van der Waals surface area contributed by atoms with E-state index in [1.54, 1.807) is 37.3 Å². The summed E-state index contributed by atoms with van der Waals surface area (Å²) in [6.07, 6.45) is 12.8. The number of amides is 1. The molecule has 0 aliphatic carbocycles. The molecular weight excluding hydrogens is 468 g/mol. The highest BCUT2D eigenvalue weighted by molar-refractivity contribution is 5.95. The molecule has 184 valence electrons. The number of hydrogen-bond acceptors (Lipinski definition) is 7. The van der Waals surface area contributed by atoms with E-state index in [1.165, 1.54) is 0 Å². The number of nitrogens with zero attached hydrogens (tertiary/aromatic N) is 7. The third-order valence-electron chi connectivity index (χ3n) is 5.96. The van der Waals surface area contributed by atoms with Crippen LogP contribution in [0.15, 0.2) is 55.6 Å². The van der Waals surface area contributed by atoms with Gasteiger partial charge in [-0.1, -0.05) is 13.8 Å². The number of rotatable bonds is 6. The molecule has 0 radical (unpaired) electrons. The summed E-state index contributed by atoms with van der Waals surface area (Å²) in [5.74, 6) is 0.857. The lowest BCUT2D eigenvalue weighted by Gasteiger charge is -2.08. The molecule has 1 amide bonds. The Morgan fingerprint density at radius 3 is 2.70 bits per heavy atom. The second kappa shape index (κ2) is 8.94. The summed E-state index contributed by atoms with van der Waals surface area (Å²) in [5.41, 5.74) is 6.88. The van der Waals surface area contributed by atoms with E-state index in [-0.39, 0.29) is 11.8 Å². The van der Waals surface area contributed by atoms with Crippen LogP contribution in [0.4, 0.5) is 5.69 Å². The smallest absolute Gasteiger partial charge is 0.224 e. The van der Waals surface area contributed by atoms with Crippen molar-refractivity contribution in [2.24, 2.45) is 5.92 Å². The summed E-state index contributed by atoms with van der Waals surface area (Å²) in [7, 11) is 0. The van der Waals surface area contributed by atoms with Crippen molar-refractivity contribution >= 4 is 33.7 Å². The van der Waals surface area contributed by atoms with Gasteiger partial charge in [-0.25, -0.2) is 15.0 Å². The van der Waals surface area contributed by atoms with Crippen molar-refractivity contribution in [2.75, 3.05) is 5.32 Å². The molecule has 0 aliphatic heterocycles. The number of carbonyl (C=O) groups is 1. The Morgan fingerprint density at radius 1 is 1.05 bits per heavy atom. The minimum atomic E-state index is -0.0377.